The van der Waals surface area contributed by atoms with Gasteiger partial charge in [0.25, 0.3) is 5.69 Å². The Morgan fingerprint density at radius 3 is 2.80 bits per heavy atom. The molecule has 2 rings (SSSR count). The van der Waals surface area contributed by atoms with E-state index in [1.807, 2.05) is 11.8 Å². The average Bonchev–Trinajstić information content (AvgIpc) is 2.70. The second-order valence-corrected chi connectivity index (χ2v) is 5.58. The number of carboxylic acid groups (broad SMARTS) is 1. The van der Waals surface area contributed by atoms with E-state index in [0.29, 0.717) is 30.2 Å². The van der Waals surface area contributed by atoms with Crippen molar-refractivity contribution in [3.8, 4) is 0 Å². The second-order valence-electron chi connectivity index (χ2n) is 5.15. The number of nitro benzene ring substituents is 1. The van der Waals surface area contributed by atoms with Crippen molar-refractivity contribution in [2.45, 2.75) is 13.5 Å². The van der Waals surface area contributed by atoms with Gasteiger partial charge in [0.1, 0.15) is 0 Å². The summed E-state index contributed by atoms with van der Waals surface area (Å²) in [5.41, 5.74) is 0.529. The predicted molar refractivity (Wildman–Crippen MR) is 73.7 cm³/mol. The van der Waals surface area contributed by atoms with Gasteiger partial charge < -0.3 is 5.11 Å². The van der Waals surface area contributed by atoms with E-state index in [0.717, 1.165) is 0 Å². The number of aliphatic carboxylic acids is 1. The molecule has 1 aromatic rings. The predicted octanol–water partition coefficient (Wildman–Crippen LogP) is 2.40. The zero-order valence-electron chi connectivity index (χ0n) is 11.0. The molecule has 6 nitrogen and oxygen atoms in total. The molecule has 0 aliphatic carbocycles. The first kappa shape index (κ1) is 14.7. The van der Waals surface area contributed by atoms with E-state index in [-0.39, 0.29) is 11.6 Å². The van der Waals surface area contributed by atoms with Crippen LogP contribution in [0.3, 0.4) is 0 Å². The van der Waals surface area contributed by atoms with Crippen LogP contribution < -0.4 is 0 Å². The second kappa shape index (κ2) is 5.76. The van der Waals surface area contributed by atoms with Crippen LogP contribution in [0.1, 0.15) is 12.5 Å². The van der Waals surface area contributed by atoms with E-state index in [2.05, 4.69) is 0 Å². The number of hydrogen-bond donors (Lipinski definition) is 1. The average molecular weight is 299 g/mol. The van der Waals surface area contributed by atoms with Crippen molar-refractivity contribution in [1.82, 2.24) is 4.90 Å². The first-order valence-corrected chi connectivity index (χ1v) is 6.64. The third kappa shape index (κ3) is 3.08. The van der Waals surface area contributed by atoms with E-state index < -0.39 is 16.8 Å². The Hall–Kier alpha value is -1.66. The Labute approximate surface area is 121 Å². The third-order valence-electron chi connectivity index (χ3n) is 3.64. The fraction of sp³-hybridized carbons (Fsp3) is 0.462. The molecule has 0 saturated carbocycles. The van der Waals surface area contributed by atoms with Crippen molar-refractivity contribution >= 4 is 23.3 Å². The summed E-state index contributed by atoms with van der Waals surface area (Å²) in [7, 11) is 0. The molecule has 20 heavy (non-hydrogen) atoms. The minimum absolute atomic E-state index is 0.0147. The number of rotatable bonds is 4. The summed E-state index contributed by atoms with van der Waals surface area (Å²) in [5, 5.41) is 20.5. The number of carboxylic acids is 1. The Balaban J connectivity index is 2.17. The molecule has 1 aliphatic heterocycles. The van der Waals surface area contributed by atoms with Gasteiger partial charge in [-0.1, -0.05) is 18.5 Å². The molecule has 108 valence electrons. The molecule has 2 atom stereocenters. The van der Waals surface area contributed by atoms with Crippen LogP contribution in [-0.2, 0) is 11.3 Å². The van der Waals surface area contributed by atoms with Gasteiger partial charge in [-0.15, -0.1) is 0 Å². The van der Waals surface area contributed by atoms with Crippen molar-refractivity contribution in [1.29, 1.82) is 0 Å². The smallest absolute Gasteiger partial charge is 0.308 e. The summed E-state index contributed by atoms with van der Waals surface area (Å²) >= 11 is 5.88. The Bertz CT molecular complexity index is 549. The van der Waals surface area contributed by atoms with Gasteiger partial charge in [-0.05, 0) is 18.1 Å². The van der Waals surface area contributed by atoms with Crippen LogP contribution in [0.4, 0.5) is 5.69 Å². The van der Waals surface area contributed by atoms with Crippen molar-refractivity contribution in [2.75, 3.05) is 13.1 Å². The van der Waals surface area contributed by atoms with Crippen LogP contribution in [-0.4, -0.2) is 34.0 Å². The highest BCUT2D eigenvalue weighted by atomic mass is 35.5. The maximum atomic E-state index is 11.1. The number of carbonyl (C=O) groups is 1. The number of likely N-dealkylation sites (tertiary alicyclic amines) is 1. The van der Waals surface area contributed by atoms with Gasteiger partial charge in [0, 0.05) is 36.3 Å². The summed E-state index contributed by atoms with van der Waals surface area (Å²) < 4.78 is 0. The molecule has 0 radical (unpaired) electrons. The highest BCUT2D eigenvalue weighted by molar-refractivity contribution is 6.30. The van der Waals surface area contributed by atoms with Crippen LogP contribution >= 0.6 is 11.6 Å². The van der Waals surface area contributed by atoms with E-state index >= 15 is 0 Å². The number of nitro groups is 1. The van der Waals surface area contributed by atoms with Crippen molar-refractivity contribution < 1.29 is 14.8 Å². The molecule has 0 aromatic heterocycles. The quantitative estimate of drug-likeness (QED) is 0.681. The number of benzene rings is 1. The number of hydrogen-bond acceptors (Lipinski definition) is 4. The van der Waals surface area contributed by atoms with Gasteiger partial charge in [0.15, 0.2) is 0 Å². The first-order chi connectivity index (χ1) is 9.38. The molecule has 1 saturated heterocycles. The monoisotopic (exact) mass is 298 g/mol. The molecular formula is C13H15ClN2O4. The first-order valence-electron chi connectivity index (χ1n) is 6.26. The van der Waals surface area contributed by atoms with E-state index in [9.17, 15) is 14.9 Å². The standard InChI is InChI=1S/C13H15ClN2O4/c1-8-5-15(7-11(8)13(17)18)6-9-4-10(14)2-3-12(9)16(19)20/h2-4,8,11H,5-7H2,1H3,(H,17,18). The van der Waals surface area contributed by atoms with Gasteiger partial charge in [-0.3, -0.25) is 19.8 Å². The molecule has 1 aliphatic rings. The van der Waals surface area contributed by atoms with Gasteiger partial charge in [-0.25, -0.2) is 0 Å². The van der Waals surface area contributed by atoms with Gasteiger partial charge >= 0.3 is 5.97 Å². The van der Waals surface area contributed by atoms with Gasteiger partial charge in [0.05, 0.1) is 10.8 Å². The number of halogens is 1. The molecule has 1 aromatic carbocycles. The molecule has 1 fully saturated rings. The minimum atomic E-state index is -0.819. The van der Waals surface area contributed by atoms with E-state index in [1.165, 1.54) is 12.1 Å². The van der Waals surface area contributed by atoms with Crippen LogP contribution in [0, 0.1) is 22.0 Å². The fourth-order valence-corrected chi connectivity index (χ4v) is 2.81. The highest BCUT2D eigenvalue weighted by Crippen LogP contribution is 2.28. The zero-order chi connectivity index (χ0) is 14.9. The zero-order valence-corrected chi connectivity index (χ0v) is 11.7. The summed E-state index contributed by atoms with van der Waals surface area (Å²) in [5.74, 6) is -1.21. The lowest BCUT2D eigenvalue weighted by atomic mass is 9.99. The van der Waals surface area contributed by atoms with Crippen molar-refractivity contribution in [3.63, 3.8) is 0 Å². The molecule has 0 bridgehead atoms. The lowest BCUT2D eigenvalue weighted by Gasteiger charge is -2.15. The van der Waals surface area contributed by atoms with Crippen LogP contribution in [0.2, 0.25) is 5.02 Å². The maximum Gasteiger partial charge on any atom is 0.308 e. The SMILES string of the molecule is CC1CN(Cc2cc(Cl)ccc2[N+](=O)[O-])CC1C(=O)O. The van der Waals surface area contributed by atoms with Gasteiger partial charge in [-0.2, -0.15) is 0 Å². The summed E-state index contributed by atoms with van der Waals surface area (Å²) in [4.78, 5) is 23.6. The van der Waals surface area contributed by atoms with E-state index in [4.69, 9.17) is 16.7 Å². The molecule has 0 spiro atoms. The van der Waals surface area contributed by atoms with E-state index in [1.54, 1.807) is 6.07 Å². The molecule has 1 N–H and O–H groups in total. The summed E-state index contributed by atoms with van der Waals surface area (Å²) in [6.07, 6.45) is 0. The van der Waals surface area contributed by atoms with Crippen LogP contribution in [0.5, 0.6) is 0 Å². The fourth-order valence-electron chi connectivity index (χ4n) is 2.62. The largest absolute Gasteiger partial charge is 0.481 e. The molecule has 7 heteroatoms. The van der Waals surface area contributed by atoms with Crippen molar-refractivity contribution in [2.24, 2.45) is 11.8 Å². The topological polar surface area (TPSA) is 83.7 Å². The Kier molecular flexibility index (Phi) is 4.25. The number of nitrogens with zero attached hydrogens (tertiary/aromatic N) is 2. The molecule has 0 amide bonds. The molecular weight excluding hydrogens is 284 g/mol. The third-order valence-corrected chi connectivity index (χ3v) is 3.87. The van der Waals surface area contributed by atoms with Crippen LogP contribution in [0.25, 0.3) is 0 Å². The summed E-state index contributed by atoms with van der Waals surface area (Å²) in [6, 6.07) is 4.43. The van der Waals surface area contributed by atoms with Gasteiger partial charge in [0.2, 0.25) is 0 Å². The summed E-state index contributed by atoms with van der Waals surface area (Å²) in [6.45, 7) is 3.23. The normalized spacial score (nSPS) is 22.9. The lowest BCUT2D eigenvalue weighted by Crippen LogP contribution is -2.23. The minimum Gasteiger partial charge on any atom is -0.481 e. The molecule has 1 heterocycles. The van der Waals surface area contributed by atoms with Crippen LogP contribution in [0.15, 0.2) is 18.2 Å². The Morgan fingerprint density at radius 2 is 2.25 bits per heavy atom. The van der Waals surface area contributed by atoms with Crippen molar-refractivity contribution in [3.05, 3.63) is 38.9 Å². The molecule has 2 unspecified atom stereocenters. The Morgan fingerprint density at radius 1 is 1.55 bits per heavy atom. The highest BCUT2D eigenvalue weighted by Gasteiger charge is 2.35. The maximum absolute atomic E-state index is 11.1. The lowest BCUT2D eigenvalue weighted by molar-refractivity contribution is -0.385.